The predicted octanol–water partition coefficient (Wildman–Crippen LogP) is 3.21. The molecule has 0 unspecified atom stereocenters. The molecule has 5 nitrogen and oxygen atoms in total. The second-order valence-electron chi connectivity index (χ2n) is 4.62. The van der Waals surface area contributed by atoms with Gasteiger partial charge in [-0.15, -0.1) is 0 Å². The molecule has 2 amide bonds. The molecule has 0 atom stereocenters. The summed E-state index contributed by atoms with van der Waals surface area (Å²) >= 11 is 3.37. The quantitative estimate of drug-likeness (QED) is 0.788. The Balaban J connectivity index is 2.17. The van der Waals surface area contributed by atoms with Crippen molar-refractivity contribution < 1.29 is 14.3 Å². The molecule has 0 spiro atoms. The molecule has 2 aromatic carbocycles. The van der Waals surface area contributed by atoms with Gasteiger partial charge in [0.15, 0.2) is 0 Å². The monoisotopic (exact) mass is 374 g/mol. The summed E-state index contributed by atoms with van der Waals surface area (Å²) in [6.07, 6.45) is 2.99. The van der Waals surface area contributed by atoms with Crippen molar-refractivity contribution in [1.82, 2.24) is 0 Å². The summed E-state index contributed by atoms with van der Waals surface area (Å²) in [5.41, 5.74) is 6.66. The molecule has 0 aliphatic carbocycles. The molecular weight excluding hydrogens is 360 g/mol. The molecule has 0 aromatic heterocycles. The zero-order chi connectivity index (χ0) is 16.8. The van der Waals surface area contributed by atoms with E-state index in [4.69, 9.17) is 10.5 Å². The van der Waals surface area contributed by atoms with E-state index in [1.165, 1.54) is 6.08 Å². The van der Waals surface area contributed by atoms with E-state index in [2.05, 4.69) is 21.2 Å². The third-order valence-electron chi connectivity index (χ3n) is 3.06. The molecular formula is C17H15BrN2O3. The number of anilines is 1. The Morgan fingerprint density at radius 2 is 1.96 bits per heavy atom. The molecule has 0 heterocycles. The highest BCUT2D eigenvalue weighted by Gasteiger charge is 2.09. The minimum Gasteiger partial charge on any atom is -0.496 e. The van der Waals surface area contributed by atoms with E-state index in [-0.39, 0.29) is 11.5 Å². The van der Waals surface area contributed by atoms with E-state index in [1.807, 2.05) is 12.1 Å². The number of hydrogen-bond acceptors (Lipinski definition) is 3. The van der Waals surface area contributed by atoms with Crippen molar-refractivity contribution >= 4 is 39.5 Å². The molecule has 0 bridgehead atoms. The van der Waals surface area contributed by atoms with Crippen LogP contribution in [0.25, 0.3) is 6.08 Å². The summed E-state index contributed by atoms with van der Waals surface area (Å²) in [6.45, 7) is 0. The highest BCUT2D eigenvalue weighted by molar-refractivity contribution is 9.10. The highest BCUT2D eigenvalue weighted by Crippen LogP contribution is 2.24. The fourth-order valence-electron chi connectivity index (χ4n) is 1.98. The van der Waals surface area contributed by atoms with E-state index >= 15 is 0 Å². The van der Waals surface area contributed by atoms with Gasteiger partial charge in [-0.2, -0.15) is 0 Å². The number of methoxy groups -OCH3 is 1. The van der Waals surface area contributed by atoms with Gasteiger partial charge < -0.3 is 15.8 Å². The molecule has 2 rings (SSSR count). The predicted molar refractivity (Wildman–Crippen MR) is 93.3 cm³/mol. The molecule has 0 radical (unpaired) electrons. The SMILES string of the molecule is COc1ccc(Br)cc1/C=C/C(=O)Nc1ccccc1C(N)=O. The highest BCUT2D eigenvalue weighted by atomic mass is 79.9. The Labute approximate surface area is 142 Å². The second kappa shape index (κ2) is 7.60. The lowest BCUT2D eigenvalue weighted by Crippen LogP contribution is -2.16. The normalized spacial score (nSPS) is 10.5. The number of nitrogens with one attached hydrogen (secondary N) is 1. The lowest BCUT2D eigenvalue weighted by molar-refractivity contribution is -0.111. The Hall–Kier alpha value is -2.60. The van der Waals surface area contributed by atoms with Crippen LogP contribution in [0.4, 0.5) is 5.69 Å². The maximum atomic E-state index is 12.0. The molecule has 118 valence electrons. The fraction of sp³-hybridized carbons (Fsp3) is 0.0588. The Morgan fingerprint density at radius 3 is 2.65 bits per heavy atom. The molecule has 0 aliphatic rings. The Bertz CT molecular complexity index is 772. The number of ether oxygens (including phenoxy) is 1. The third kappa shape index (κ3) is 4.43. The number of carbonyl (C=O) groups excluding carboxylic acids is 2. The van der Waals surface area contributed by atoms with Crippen LogP contribution >= 0.6 is 15.9 Å². The number of carbonyl (C=O) groups is 2. The Kier molecular flexibility index (Phi) is 5.54. The van der Waals surface area contributed by atoms with Crippen LogP contribution in [0.2, 0.25) is 0 Å². The maximum absolute atomic E-state index is 12.0. The number of rotatable bonds is 5. The van der Waals surface area contributed by atoms with Crippen molar-refractivity contribution in [3.63, 3.8) is 0 Å². The van der Waals surface area contributed by atoms with Crippen molar-refractivity contribution in [1.29, 1.82) is 0 Å². The van der Waals surface area contributed by atoms with Crippen molar-refractivity contribution in [2.24, 2.45) is 5.73 Å². The lowest BCUT2D eigenvalue weighted by Gasteiger charge is -2.07. The van der Waals surface area contributed by atoms with E-state index in [0.717, 1.165) is 10.0 Å². The topological polar surface area (TPSA) is 81.4 Å². The number of para-hydroxylation sites is 1. The molecule has 23 heavy (non-hydrogen) atoms. The standard InChI is InChI=1S/C17H15BrN2O3/c1-23-15-8-7-12(18)10-11(15)6-9-16(21)20-14-5-3-2-4-13(14)17(19)22/h2-10H,1H3,(H2,19,22)(H,20,21)/b9-6+. The van der Waals surface area contributed by atoms with Crippen LogP contribution in [0.5, 0.6) is 5.75 Å². The smallest absolute Gasteiger partial charge is 0.250 e. The zero-order valence-corrected chi connectivity index (χ0v) is 14.0. The summed E-state index contributed by atoms with van der Waals surface area (Å²) in [5.74, 6) is -0.325. The van der Waals surface area contributed by atoms with Crippen molar-refractivity contribution in [2.75, 3.05) is 12.4 Å². The van der Waals surface area contributed by atoms with Gasteiger partial charge in [0.05, 0.1) is 18.4 Å². The van der Waals surface area contributed by atoms with Gasteiger partial charge in [-0.1, -0.05) is 28.1 Å². The lowest BCUT2D eigenvalue weighted by atomic mass is 10.1. The van der Waals surface area contributed by atoms with Crippen LogP contribution in [-0.4, -0.2) is 18.9 Å². The van der Waals surface area contributed by atoms with E-state index in [1.54, 1.807) is 43.5 Å². The summed E-state index contributed by atoms with van der Waals surface area (Å²) in [5, 5.41) is 2.64. The molecule has 0 saturated heterocycles. The molecule has 2 aromatic rings. The van der Waals surface area contributed by atoms with Crippen LogP contribution in [-0.2, 0) is 4.79 Å². The van der Waals surface area contributed by atoms with Crippen molar-refractivity contribution in [3.8, 4) is 5.75 Å². The first-order valence-electron chi connectivity index (χ1n) is 6.72. The van der Waals surface area contributed by atoms with Gasteiger partial charge >= 0.3 is 0 Å². The van der Waals surface area contributed by atoms with Gasteiger partial charge in [0.25, 0.3) is 5.91 Å². The van der Waals surface area contributed by atoms with Gasteiger partial charge in [0.2, 0.25) is 5.91 Å². The number of amides is 2. The molecule has 0 fully saturated rings. The van der Waals surface area contributed by atoms with Crippen LogP contribution < -0.4 is 15.8 Å². The van der Waals surface area contributed by atoms with Crippen LogP contribution in [0.3, 0.4) is 0 Å². The average molecular weight is 375 g/mol. The number of hydrogen-bond donors (Lipinski definition) is 2. The number of halogens is 1. The van der Waals surface area contributed by atoms with Gasteiger partial charge in [-0.25, -0.2) is 0 Å². The van der Waals surface area contributed by atoms with Gasteiger partial charge in [-0.05, 0) is 36.4 Å². The van der Waals surface area contributed by atoms with Crippen LogP contribution in [0.15, 0.2) is 53.0 Å². The van der Waals surface area contributed by atoms with E-state index in [9.17, 15) is 9.59 Å². The summed E-state index contributed by atoms with van der Waals surface area (Å²) in [6, 6.07) is 12.0. The first kappa shape index (κ1) is 16.8. The van der Waals surface area contributed by atoms with Crippen molar-refractivity contribution in [3.05, 3.63) is 64.1 Å². The minimum atomic E-state index is -0.599. The van der Waals surface area contributed by atoms with Crippen LogP contribution in [0, 0.1) is 0 Å². The van der Waals surface area contributed by atoms with Gasteiger partial charge in [0.1, 0.15) is 5.75 Å². The second-order valence-corrected chi connectivity index (χ2v) is 5.53. The van der Waals surface area contributed by atoms with E-state index in [0.29, 0.717) is 11.4 Å². The third-order valence-corrected chi connectivity index (χ3v) is 3.55. The Morgan fingerprint density at radius 1 is 1.22 bits per heavy atom. The first-order chi connectivity index (χ1) is 11.0. The molecule has 0 aliphatic heterocycles. The summed E-state index contributed by atoms with van der Waals surface area (Å²) in [4.78, 5) is 23.4. The molecule has 3 N–H and O–H groups in total. The van der Waals surface area contributed by atoms with Crippen molar-refractivity contribution in [2.45, 2.75) is 0 Å². The zero-order valence-electron chi connectivity index (χ0n) is 12.4. The van der Waals surface area contributed by atoms with Gasteiger partial charge in [0, 0.05) is 16.1 Å². The summed E-state index contributed by atoms with van der Waals surface area (Å²) < 4.78 is 6.11. The largest absolute Gasteiger partial charge is 0.496 e. The number of benzene rings is 2. The van der Waals surface area contributed by atoms with E-state index < -0.39 is 5.91 Å². The van der Waals surface area contributed by atoms with Gasteiger partial charge in [-0.3, -0.25) is 9.59 Å². The average Bonchev–Trinajstić information content (AvgIpc) is 2.53. The maximum Gasteiger partial charge on any atom is 0.250 e. The molecule has 6 heteroatoms. The number of primary amides is 1. The number of nitrogens with two attached hydrogens (primary N) is 1. The molecule has 0 saturated carbocycles. The summed E-state index contributed by atoms with van der Waals surface area (Å²) in [7, 11) is 1.56. The minimum absolute atomic E-state index is 0.259. The fourth-order valence-corrected chi connectivity index (χ4v) is 2.36. The first-order valence-corrected chi connectivity index (χ1v) is 7.52. The van der Waals surface area contributed by atoms with Crippen LogP contribution in [0.1, 0.15) is 15.9 Å².